The molecule has 0 spiro atoms. The Kier molecular flexibility index (Phi) is 2.52. The second kappa shape index (κ2) is 3.24. The molecule has 0 aliphatic rings. The van der Waals surface area contributed by atoms with Crippen molar-refractivity contribution in [3.05, 3.63) is 27.7 Å². The van der Waals surface area contributed by atoms with Gasteiger partial charge in [0.2, 0.25) is 0 Å². The number of hydrogen-bond acceptors (Lipinski definition) is 2. The number of nitrogens with two attached hydrogens (primary N) is 1. The molecular weight excluding hydrogens is 204 g/mol. The van der Waals surface area contributed by atoms with Crippen LogP contribution < -0.4 is 11.3 Å². The molecule has 3 N–H and O–H groups in total. The predicted octanol–water partition coefficient (Wildman–Crippen LogP) is 2.35. The number of hydrogen-bond donors (Lipinski definition) is 2. The van der Waals surface area contributed by atoms with E-state index in [0.29, 0.717) is 0 Å². The number of anilines is 1. The summed E-state index contributed by atoms with van der Waals surface area (Å²) in [6.45, 7) is 4.10. The first-order valence-corrected chi connectivity index (χ1v) is 4.18. The van der Waals surface area contributed by atoms with Crippen LogP contribution in [-0.2, 0) is 0 Å². The van der Waals surface area contributed by atoms with Gasteiger partial charge < -0.3 is 5.43 Å². The van der Waals surface area contributed by atoms with Crippen LogP contribution in [0.25, 0.3) is 0 Å². The van der Waals surface area contributed by atoms with E-state index in [4.69, 9.17) is 5.84 Å². The standard InChI is InChI=1S/C8H11BrN2/c1-5-3-4-7(9)8(11-10)6(5)2/h3-4,11H,10H2,1-2H3. The summed E-state index contributed by atoms with van der Waals surface area (Å²) in [5.41, 5.74) is 6.04. The van der Waals surface area contributed by atoms with Gasteiger partial charge in [-0.1, -0.05) is 6.07 Å². The summed E-state index contributed by atoms with van der Waals surface area (Å²) >= 11 is 3.40. The van der Waals surface area contributed by atoms with Gasteiger partial charge in [0.1, 0.15) is 0 Å². The van der Waals surface area contributed by atoms with Crippen molar-refractivity contribution >= 4 is 21.6 Å². The molecule has 0 aliphatic carbocycles. The number of rotatable bonds is 1. The van der Waals surface area contributed by atoms with Crippen molar-refractivity contribution in [1.82, 2.24) is 0 Å². The van der Waals surface area contributed by atoms with E-state index in [0.717, 1.165) is 10.2 Å². The van der Waals surface area contributed by atoms with Gasteiger partial charge in [-0.25, -0.2) is 0 Å². The SMILES string of the molecule is Cc1ccc(Br)c(NN)c1C. The average Bonchev–Trinajstić information content (AvgIpc) is 1.99. The van der Waals surface area contributed by atoms with Crippen LogP contribution in [0.3, 0.4) is 0 Å². The Balaban J connectivity index is 3.29. The molecule has 0 fully saturated rings. The van der Waals surface area contributed by atoms with Crippen LogP contribution in [0.2, 0.25) is 0 Å². The van der Waals surface area contributed by atoms with Crippen molar-refractivity contribution in [3.8, 4) is 0 Å². The highest BCUT2D eigenvalue weighted by Gasteiger charge is 2.02. The lowest BCUT2D eigenvalue weighted by molar-refractivity contribution is 1.26. The van der Waals surface area contributed by atoms with Crippen molar-refractivity contribution in [1.29, 1.82) is 0 Å². The number of aryl methyl sites for hydroxylation is 1. The van der Waals surface area contributed by atoms with Gasteiger partial charge in [0, 0.05) is 4.47 Å². The summed E-state index contributed by atoms with van der Waals surface area (Å²) in [7, 11) is 0. The maximum absolute atomic E-state index is 5.34. The molecule has 0 radical (unpaired) electrons. The van der Waals surface area contributed by atoms with Crippen LogP contribution in [0.4, 0.5) is 5.69 Å². The molecule has 0 bridgehead atoms. The van der Waals surface area contributed by atoms with Gasteiger partial charge in [-0.05, 0) is 47.0 Å². The topological polar surface area (TPSA) is 38.0 Å². The number of hydrazine groups is 1. The molecule has 0 atom stereocenters. The molecule has 0 amide bonds. The maximum atomic E-state index is 5.34. The Bertz CT molecular complexity index is 271. The fourth-order valence-corrected chi connectivity index (χ4v) is 1.50. The first kappa shape index (κ1) is 8.56. The lowest BCUT2D eigenvalue weighted by Crippen LogP contribution is -2.09. The van der Waals surface area contributed by atoms with Crippen molar-refractivity contribution < 1.29 is 0 Å². The molecule has 1 aromatic rings. The quantitative estimate of drug-likeness (QED) is 0.557. The van der Waals surface area contributed by atoms with Gasteiger partial charge in [0.25, 0.3) is 0 Å². The molecule has 0 heterocycles. The van der Waals surface area contributed by atoms with Gasteiger partial charge in [-0.2, -0.15) is 0 Å². The third kappa shape index (κ3) is 1.54. The molecule has 3 heteroatoms. The first-order chi connectivity index (χ1) is 5.16. The Labute approximate surface area is 74.9 Å². The third-order valence-corrected chi connectivity index (χ3v) is 2.49. The van der Waals surface area contributed by atoms with Crippen LogP contribution in [0.1, 0.15) is 11.1 Å². The Morgan fingerprint density at radius 1 is 1.36 bits per heavy atom. The van der Waals surface area contributed by atoms with Gasteiger partial charge in [-0.3, -0.25) is 5.84 Å². The number of benzene rings is 1. The fraction of sp³-hybridized carbons (Fsp3) is 0.250. The molecule has 0 saturated carbocycles. The van der Waals surface area contributed by atoms with Crippen LogP contribution in [0.5, 0.6) is 0 Å². The largest absolute Gasteiger partial charge is 0.323 e. The zero-order valence-corrected chi connectivity index (χ0v) is 8.20. The van der Waals surface area contributed by atoms with E-state index in [1.54, 1.807) is 0 Å². The minimum atomic E-state index is 0.963. The second-order valence-electron chi connectivity index (χ2n) is 2.51. The predicted molar refractivity (Wildman–Crippen MR) is 51.4 cm³/mol. The minimum absolute atomic E-state index is 0.963. The van der Waals surface area contributed by atoms with E-state index < -0.39 is 0 Å². The fourth-order valence-electron chi connectivity index (χ4n) is 0.960. The van der Waals surface area contributed by atoms with Gasteiger partial charge >= 0.3 is 0 Å². The van der Waals surface area contributed by atoms with E-state index in [-0.39, 0.29) is 0 Å². The zero-order chi connectivity index (χ0) is 8.43. The minimum Gasteiger partial charge on any atom is -0.323 e. The molecule has 60 valence electrons. The molecule has 1 aromatic carbocycles. The van der Waals surface area contributed by atoms with Crippen molar-refractivity contribution in [2.45, 2.75) is 13.8 Å². The van der Waals surface area contributed by atoms with Crippen molar-refractivity contribution in [3.63, 3.8) is 0 Å². The van der Waals surface area contributed by atoms with Gasteiger partial charge in [0.05, 0.1) is 5.69 Å². The normalized spacial score (nSPS) is 9.82. The van der Waals surface area contributed by atoms with E-state index >= 15 is 0 Å². The third-order valence-electron chi connectivity index (χ3n) is 1.83. The molecular formula is C8H11BrN2. The van der Waals surface area contributed by atoms with Crippen LogP contribution >= 0.6 is 15.9 Å². The van der Waals surface area contributed by atoms with E-state index in [1.807, 2.05) is 13.0 Å². The summed E-state index contributed by atoms with van der Waals surface area (Å²) in [6, 6.07) is 4.04. The van der Waals surface area contributed by atoms with Crippen LogP contribution in [0.15, 0.2) is 16.6 Å². The number of nitrogens with one attached hydrogen (secondary N) is 1. The molecule has 0 saturated heterocycles. The van der Waals surface area contributed by atoms with Gasteiger partial charge in [0.15, 0.2) is 0 Å². The summed E-state index contributed by atoms with van der Waals surface area (Å²) in [5.74, 6) is 5.34. The first-order valence-electron chi connectivity index (χ1n) is 3.39. The van der Waals surface area contributed by atoms with E-state index in [2.05, 4.69) is 34.3 Å². The van der Waals surface area contributed by atoms with Crippen molar-refractivity contribution in [2.24, 2.45) is 5.84 Å². The molecule has 2 nitrogen and oxygen atoms in total. The van der Waals surface area contributed by atoms with Crippen LogP contribution in [0, 0.1) is 13.8 Å². The molecule has 0 unspecified atom stereocenters. The Morgan fingerprint density at radius 3 is 2.45 bits per heavy atom. The van der Waals surface area contributed by atoms with E-state index in [9.17, 15) is 0 Å². The molecule has 1 rings (SSSR count). The summed E-state index contributed by atoms with van der Waals surface area (Å²) < 4.78 is 1.00. The number of halogens is 1. The highest BCUT2D eigenvalue weighted by Crippen LogP contribution is 2.27. The summed E-state index contributed by atoms with van der Waals surface area (Å²) in [6.07, 6.45) is 0. The van der Waals surface area contributed by atoms with Crippen molar-refractivity contribution in [2.75, 3.05) is 5.43 Å². The zero-order valence-electron chi connectivity index (χ0n) is 6.61. The average molecular weight is 215 g/mol. The second-order valence-corrected chi connectivity index (χ2v) is 3.36. The summed E-state index contributed by atoms with van der Waals surface area (Å²) in [4.78, 5) is 0. The number of nitrogen functional groups attached to an aromatic ring is 1. The molecule has 11 heavy (non-hydrogen) atoms. The van der Waals surface area contributed by atoms with Gasteiger partial charge in [-0.15, -0.1) is 0 Å². The molecule has 0 aliphatic heterocycles. The lowest BCUT2D eigenvalue weighted by Gasteiger charge is -2.09. The lowest BCUT2D eigenvalue weighted by atomic mass is 10.1. The summed E-state index contributed by atoms with van der Waals surface area (Å²) in [5, 5.41) is 0. The smallest absolute Gasteiger partial charge is 0.0659 e. The highest BCUT2D eigenvalue weighted by molar-refractivity contribution is 9.10. The Hall–Kier alpha value is -0.540. The van der Waals surface area contributed by atoms with E-state index in [1.165, 1.54) is 11.1 Å². The van der Waals surface area contributed by atoms with Crippen LogP contribution in [-0.4, -0.2) is 0 Å². The molecule has 0 aromatic heterocycles. The Morgan fingerprint density at radius 2 is 2.00 bits per heavy atom. The highest BCUT2D eigenvalue weighted by atomic mass is 79.9. The maximum Gasteiger partial charge on any atom is 0.0659 e. The monoisotopic (exact) mass is 214 g/mol.